The summed E-state index contributed by atoms with van der Waals surface area (Å²) in [6.45, 7) is 1.63. The molecule has 1 atom stereocenters. The molecule has 0 radical (unpaired) electrons. The molecular weight excluding hydrogens is 319 g/mol. The van der Waals surface area contributed by atoms with Crippen LogP contribution in [0.2, 0.25) is 0 Å². The predicted molar refractivity (Wildman–Crippen MR) is 73.6 cm³/mol. The van der Waals surface area contributed by atoms with Crippen molar-refractivity contribution in [2.24, 2.45) is 0 Å². The first kappa shape index (κ1) is 16.1. The van der Waals surface area contributed by atoms with Crippen LogP contribution in [0.4, 0.5) is 13.2 Å². The molecule has 0 heterocycles. The lowest BCUT2D eigenvalue weighted by Gasteiger charge is -2.14. The van der Waals surface area contributed by atoms with E-state index in [-0.39, 0.29) is 5.39 Å². The van der Waals surface area contributed by atoms with Gasteiger partial charge in [-0.3, -0.25) is 0 Å². The molecule has 8 heteroatoms. The topological polar surface area (TPSA) is 67.2 Å². The highest BCUT2D eigenvalue weighted by Gasteiger charge is 2.48. The van der Waals surface area contributed by atoms with E-state index in [1.165, 1.54) is 18.2 Å². The first-order valence-corrected chi connectivity index (χ1v) is 7.50. The van der Waals surface area contributed by atoms with Crippen LogP contribution in [-0.4, -0.2) is 13.9 Å². The third-order valence-electron chi connectivity index (χ3n) is 3.06. The summed E-state index contributed by atoms with van der Waals surface area (Å²) in [7, 11) is -5.75. The van der Waals surface area contributed by atoms with Gasteiger partial charge in [0.15, 0.2) is 5.75 Å². The maximum absolute atomic E-state index is 12.4. The Balaban J connectivity index is 2.62. The number of alkyl halides is 3. The molecule has 1 unspecified atom stereocenters. The summed E-state index contributed by atoms with van der Waals surface area (Å²) in [5, 5.41) is 9.64. The normalized spacial score (nSPS) is 13.6. The van der Waals surface area contributed by atoms with Gasteiger partial charge in [0.05, 0.1) is 12.0 Å². The van der Waals surface area contributed by atoms with Crippen LogP contribution >= 0.6 is 0 Å². The van der Waals surface area contributed by atoms with Crippen LogP contribution in [0, 0.1) is 11.3 Å². The van der Waals surface area contributed by atoms with E-state index in [1.54, 1.807) is 19.1 Å². The second-order valence-corrected chi connectivity index (χ2v) is 6.07. The molecule has 116 valence electrons. The van der Waals surface area contributed by atoms with Gasteiger partial charge in [0.2, 0.25) is 0 Å². The van der Waals surface area contributed by atoms with Gasteiger partial charge in [0.25, 0.3) is 0 Å². The van der Waals surface area contributed by atoms with Crippen molar-refractivity contribution in [2.45, 2.75) is 18.3 Å². The van der Waals surface area contributed by atoms with E-state index < -0.39 is 27.3 Å². The van der Waals surface area contributed by atoms with Crippen LogP contribution in [0.1, 0.15) is 18.4 Å². The summed E-state index contributed by atoms with van der Waals surface area (Å²) < 4.78 is 63.8. The summed E-state index contributed by atoms with van der Waals surface area (Å²) in [4.78, 5) is 0. The number of hydrogen-bond donors (Lipinski definition) is 0. The third kappa shape index (κ3) is 2.85. The van der Waals surface area contributed by atoms with Crippen molar-refractivity contribution < 1.29 is 25.8 Å². The van der Waals surface area contributed by atoms with Gasteiger partial charge in [-0.1, -0.05) is 30.3 Å². The number of rotatable bonds is 3. The highest BCUT2D eigenvalue weighted by atomic mass is 32.2. The van der Waals surface area contributed by atoms with E-state index in [1.807, 2.05) is 6.07 Å². The smallest absolute Gasteiger partial charge is 0.375 e. The summed E-state index contributed by atoms with van der Waals surface area (Å²) >= 11 is 0. The van der Waals surface area contributed by atoms with Crippen molar-refractivity contribution in [3.63, 3.8) is 0 Å². The molecule has 0 spiro atoms. The number of hydrogen-bond acceptors (Lipinski definition) is 4. The van der Waals surface area contributed by atoms with E-state index in [0.717, 1.165) is 6.07 Å². The Bertz CT molecular complexity index is 854. The highest BCUT2D eigenvalue weighted by molar-refractivity contribution is 7.88. The van der Waals surface area contributed by atoms with Crippen molar-refractivity contribution in [3.05, 3.63) is 42.0 Å². The minimum absolute atomic E-state index is 0.190. The van der Waals surface area contributed by atoms with Crippen LogP contribution in [0.15, 0.2) is 36.4 Å². The summed E-state index contributed by atoms with van der Waals surface area (Å²) in [5.41, 5.74) is -4.93. The zero-order valence-corrected chi connectivity index (χ0v) is 12.1. The van der Waals surface area contributed by atoms with Gasteiger partial charge in [0.1, 0.15) is 0 Å². The molecule has 0 aliphatic carbocycles. The van der Waals surface area contributed by atoms with Gasteiger partial charge in [-0.25, -0.2) is 0 Å². The van der Waals surface area contributed by atoms with E-state index in [9.17, 15) is 21.6 Å². The van der Waals surface area contributed by atoms with Gasteiger partial charge in [-0.2, -0.15) is 26.9 Å². The fourth-order valence-electron chi connectivity index (χ4n) is 1.98. The second kappa shape index (κ2) is 5.50. The minimum Gasteiger partial charge on any atom is -0.375 e. The molecule has 0 N–H and O–H groups in total. The highest BCUT2D eigenvalue weighted by Crippen LogP contribution is 2.35. The first-order valence-electron chi connectivity index (χ1n) is 6.09. The Morgan fingerprint density at radius 3 is 2.27 bits per heavy atom. The van der Waals surface area contributed by atoms with Crippen molar-refractivity contribution in [3.8, 4) is 11.8 Å². The summed E-state index contributed by atoms with van der Waals surface area (Å²) in [6, 6.07) is 10.7. The molecule has 0 aromatic heterocycles. The second-order valence-electron chi connectivity index (χ2n) is 4.53. The molecule has 2 aromatic rings. The van der Waals surface area contributed by atoms with E-state index in [0.29, 0.717) is 10.9 Å². The Morgan fingerprint density at radius 1 is 1.14 bits per heavy atom. The minimum atomic E-state index is -5.75. The van der Waals surface area contributed by atoms with Crippen LogP contribution in [0.3, 0.4) is 0 Å². The van der Waals surface area contributed by atoms with Crippen LogP contribution < -0.4 is 4.18 Å². The quantitative estimate of drug-likeness (QED) is 0.636. The Kier molecular flexibility index (Phi) is 4.02. The lowest BCUT2D eigenvalue weighted by Crippen LogP contribution is -2.28. The summed E-state index contributed by atoms with van der Waals surface area (Å²) in [6.07, 6.45) is 0. The number of nitriles is 1. The van der Waals surface area contributed by atoms with Gasteiger partial charge < -0.3 is 4.18 Å². The van der Waals surface area contributed by atoms with E-state index in [4.69, 9.17) is 5.26 Å². The average Bonchev–Trinajstić information content (AvgIpc) is 2.45. The van der Waals surface area contributed by atoms with E-state index >= 15 is 0 Å². The average molecular weight is 329 g/mol. The van der Waals surface area contributed by atoms with Gasteiger partial charge >= 0.3 is 15.6 Å². The molecule has 0 aliphatic heterocycles. The Morgan fingerprint density at radius 2 is 1.73 bits per heavy atom. The van der Waals surface area contributed by atoms with Crippen molar-refractivity contribution in [2.75, 3.05) is 0 Å². The molecule has 0 fully saturated rings. The fourth-order valence-corrected chi connectivity index (χ4v) is 2.46. The summed E-state index contributed by atoms with van der Waals surface area (Å²) in [5.74, 6) is -0.931. The molecule has 0 saturated heterocycles. The number of halogens is 3. The molecular formula is C14H10F3NO3S. The molecule has 2 aromatic carbocycles. The fraction of sp³-hybridized carbons (Fsp3) is 0.214. The molecule has 22 heavy (non-hydrogen) atoms. The standard InChI is InChI=1S/C14H10F3NO3S/c1-9(8-18)10-6-7-13(12-5-3-2-4-11(10)12)21-22(19,20)14(15,16)17/h2-7,9H,1H3. The van der Waals surface area contributed by atoms with Crippen LogP contribution in [0.25, 0.3) is 10.8 Å². The SMILES string of the molecule is CC(C#N)c1ccc(OS(=O)(=O)C(F)(F)F)c2ccccc12. The lowest BCUT2D eigenvalue weighted by atomic mass is 9.95. The van der Waals surface area contributed by atoms with Crippen molar-refractivity contribution in [1.29, 1.82) is 5.26 Å². The Labute approximate surface area is 124 Å². The lowest BCUT2D eigenvalue weighted by molar-refractivity contribution is -0.0499. The zero-order chi connectivity index (χ0) is 16.5. The first-order chi connectivity index (χ1) is 10.2. The number of fused-ring (bicyclic) bond motifs is 1. The molecule has 0 saturated carbocycles. The zero-order valence-electron chi connectivity index (χ0n) is 11.3. The van der Waals surface area contributed by atoms with Gasteiger partial charge in [-0.05, 0) is 23.9 Å². The third-order valence-corrected chi connectivity index (χ3v) is 4.03. The molecule has 4 nitrogen and oxygen atoms in total. The van der Waals surface area contributed by atoms with Gasteiger partial charge in [-0.15, -0.1) is 0 Å². The van der Waals surface area contributed by atoms with Crippen LogP contribution in [0.5, 0.6) is 5.75 Å². The van der Waals surface area contributed by atoms with Crippen molar-refractivity contribution in [1.82, 2.24) is 0 Å². The predicted octanol–water partition coefficient (Wildman–Crippen LogP) is 3.70. The molecule has 2 rings (SSSR count). The van der Waals surface area contributed by atoms with Crippen molar-refractivity contribution >= 4 is 20.9 Å². The number of benzene rings is 2. The number of nitrogens with zero attached hydrogens (tertiary/aromatic N) is 1. The monoisotopic (exact) mass is 329 g/mol. The van der Waals surface area contributed by atoms with E-state index in [2.05, 4.69) is 4.18 Å². The molecule has 0 bridgehead atoms. The van der Waals surface area contributed by atoms with Crippen LogP contribution in [-0.2, 0) is 10.1 Å². The molecule has 0 aliphatic rings. The maximum Gasteiger partial charge on any atom is 0.534 e. The largest absolute Gasteiger partial charge is 0.534 e. The van der Waals surface area contributed by atoms with Gasteiger partial charge in [0, 0.05) is 5.39 Å². The maximum atomic E-state index is 12.4. The Hall–Kier alpha value is -2.27. The molecule has 0 amide bonds.